The number of nitrogens with zero attached hydrogens (tertiary/aromatic N) is 2. The van der Waals surface area contributed by atoms with Crippen LogP contribution in [0.4, 0.5) is 0 Å². The predicted octanol–water partition coefficient (Wildman–Crippen LogP) is 5.53. The van der Waals surface area contributed by atoms with Crippen LogP contribution in [0, 0.1) is 5.41 Å². The van der Waals surface area contributed by atoms with Crippen molar-refractivity contribution < 1.29 is 4.79 Å². The lowest BCUT2D eigenvalue weighted by atomic mass is 9.87. The van der Waals surface area contributed by atoms with Gasteiger partial charge < -0.3 is 4.90 Å². The maximum Gasteiger partial charge on any atom is 0.229 e. The van der Waals surface area contributed by atoms with Crippen LogP contribution in [0.3, 0.4) is 0 Å². The first-order valence-electron chi connectivity index (χ1n) is 9.40. The van der Waals surface area contributed by atoms with E-state index in [0.717, 1.165) is 35.3 Å². The highest BCUT2D eigenvalue weighted by molar-refractivity contribution is 14.1. The normalized spacial score (nSPS) is 14.9. The van der Waals surface area contributed by atoms with Gasteiger partial charge in [0.15, 0.2) is 0 Å². The molecule has 0 radical (unpaired) electrons. The van der Waals surface area contributed by atoms with E-state index >= 15 is 0 Å². The summed E-state index contributed by atoms with van der Waals surface area (Å²) in [6, 6.07) is 10.0. The summed E-state index contributed by atoms with van der Waals surface area (Å²) in [5.41, 5.74) is 4.03. The van der Waals surface area contributed by atoms with Gasteiger partial charge in [-0.15, -0.1) is 0 Å². The van der Waals surface area contributed by atoms with Crippen LogP contribution in [-0.4, -0.2) is 34.3 Å². The van der Waals surface area contributed by atoms with Gasteiger partial charge in [0.1, 0.15) is 0 Å². The molecule has 1 N–H and O–H groups in total. The molecule has 1 aliphatic carbocycles. The zero-order valence-corrected chi connectivity index (χ0v) is 18.7. The van der Waals surface area contributed by atoms with E-state index in [1.165, 1.54) is 0 Å². The van der Waals surface area contributed by atoms with Crippen molar-refractivity contribution in [3.8, 4) is 0 Å². The van der Waals surface area contributed by atoms with Crippen LogP contribution in [0.25, 0.3) is 0 Å². The Morgan fingerprint density at radius 2 is 1.81 bits per heavy atom. The van der Waals surface area contributed by atoms with Crippen LogP contribution >= 0.6 is 22.9 Å². The molecule has 0 atom stereocenters. The van der Waals surface area contributed by atoms with Crippen LogP contribution in [0.1, 0.15) is 52.5 Å². The average molecular weight is 477 g/mol. The molecule has 0 unspecified atom stereocenters. The minimum absolute atomic E-state index is 0.0862. The van der Waals surface area contributed by atoms with E-state index in [0.29, 0.717) is 5.71 Å². The van der Waals surface area contributed by atoms with Crippen molar-refractivity contribution >= 4 is 40.2 Å². The van der Waals surface area contributed by atoms with Gasteiger partial charge in [-0.25, -0.2) is 3.21 Å². The largest absolute Gasteiger partial charge is 0.338 e. The van der Waals surface area contributed by atoms with E-state index in [1.54, 1.807) is 0 Å². The van der Waals surface area contributed by atoms with Gasteiger partial charge in [-0.2, -0.15) is 0 Å². The maximum absolute atomic E-state index is 12.9. The van der Waals surface area contributed by atoms with Crippen molar-refractivity contribution in [3.63, 3.8) is 0 Å². The molecule has 1 amide bonds. The Kier molecular flexibility index (Phi) is 7.95. The Balaban J connectivity index is 2.35. The Morgan fingerprint density at radius 3 is 2.37 bits per heavy atom. The number of benzene rings is 1. The van der Waals surface area contributed by atoms with Crippen molar-refractivity contribution in [1.82, 2.24) is 4.90 Å². The molecule has 2 rings (SSSR count). The Bertz CT molecular complexity index is 768. The minimum Gasteiger partial charge on any atom is -0.338 e. The van der Waals surface area contributed by atoms with Crippen molar-refractivity contribution in [3.05, 3.63) is 59.2 Å². The number of hydrogen-bond donors (Lipinski definition) is 1. The van der Waals surface area contributed by atoms with Gasteiger partial charge in [-0.05, 0) is 46.1 Å². The maximum atomic E-state index is 12.9. The van der Waals surface area contributed by atoms with E-state index in [4.69, 9.17) is 5.41 Å². The lowest BCUT2D eigenvalue weighted by Crippen LogP contribution is -2.43. The molecule has 0 saturated heterocycles. The fourth-order valence-electron chi connectivity index (χ4n) is 3.55. The number of carbonyl (C=O) groups excluding carboxylic acids is 1. The number of halogens is 1. The van der Waals surface area contributed by atoms with E-state index in [1.807, 2.05) is 91.9 Å². The van der Waals surface area contributed by atoms with Gasteiger partial charge in [0.2, 0.25) is 5.91 Å². The fourth-order valence-corrected chi connectivity index (χ4v) is 4.01. The summed E-state index contributed by atoms with van der Waals surface area (Å²) >= 11 is 1.98. The van der Waals surface area contributed by atoms with Crippen LogP contribution in [0.15, 0.2) is 56.8 Å². The van der Waals surface area contributed by atoms with Gasteiger partial charge in [-0.3, -0.25) is 10.2 Å². The van der Waals surface area contributed by atoms with E-state index < -0.39 is 0 Å². The second kappa shape index (κ2) is 9.97. The number of amides is 1. The zero-order chi connectivity index (χ0) is 20.0. The molecule has 5 heteroatoms. The zero-order valence-electron chi connectivity index (χ0n) is 16.5. The SMILES string of the molecule is CC(C)N(C(=O)CC(=NI)C1=C(C(=N)c2ccccc2)C=CCC1)C(C)C. The molecule has 1 aromatic carbocycles. The molecule has 0 aliphatic heterocycles. The first-order chi connectivity index (χ1) is 12.9. The lowest BCUT2D eigenvalue weighted by Gasteiger charge is -2.31. The summed E-state index contributed by atoms with van der Waals surface area (Å²) in [4.78, 5) is 14.8. The summed E-state index contributed by atoms with van der Waals surface area (Å²) in [6.45, 7) is 8.16. The van der Waals surface area contributed by atoms with Crippen LogP contribution in [0.5, 0.6) is 0 Å². The molecular weight excluding hydrogens is 449 g/mol. The van der Waals surface area contributed by atoms with E-state index in [9.17, 15) is 4.79 Å². The Hall–Kier alpha value is -1.76. The molecule has 0 fully saturated rings. The molecule has 144 valence electrons. The molecule has 0 aromatic heterocycles. The van der Waals surface area contributed by atoms with Crippen LogP contribution < -0.4 is 0 Å². The molecule has 0 spiro atoms. The third-order valence-electron chi connectivity index (χ3n) is 4.67. The van der Waals surface area contributed by atoms with E-state index in [-0.39, 0.29) is 24.4 Å². The fraction of sp³-hybridized carbons (Fsp3) is 0.409. The van der Waals surface area contributed by atoms with Crippen LogP contribution in [-0.2, 0) is 4.79 Å². The monoisotopic (exact) mass is 477 g/mol. The van der Waals surface area contributed by atoms with Crippen molar-refractivity contribution in [1.29, 1.82) is 5.41 Å². The highest BCUT2D eigenvalue weighted by Crippen LogP contribution is 2.26. The van der Waals surface area contributed by atoms with Gasteiger partial charge in [0.05, 0.1) is 40.7 Å². The molecule has 0 saturated carbocycles. The Morgan fingerprint density at radius 1 is 1.19 bits per heavy atom. The summed E-state index contributed by atoms with van der Waals surface area (Å²) < 4.78 is 4.43. The molecule has 4 nitrogen and oxygen atoms in total. The first-order valence-corrected chi connectivity index (χ1v) is 10.4. The molecule has 27 heavy (non-hydrogen) atoms. The van der Waals surface area contributed by atoms with Gasteiger partial charge in [0, 0.05) is 23.2 Å². The molecule has 1 aromatic rings. The van der Waals surface area contributed by atoms with Crippen molar-refractivity contribution in [2.45, 2.75) is 59.0 Å². The minimum atomic E-state index is 0.0862. The number of hydrogen-bond acceptors (Lipinski definition) is 3. The third kappa shape index (κ3) is 5.37. The number of nitrogens with one attached hydrogen (secondary N) is 1. The third-order valence-corrected chi connectivity index (χ3v) is 5.25. The van der Waals surface area contributed by atoms with Crippen molar-refractivity contribution in [2.75, 3.05) is 0 Å². The van der Waals surface area contributed by atoms with Gasteiger partial charge >= 0.3 is 0 Å². The summed E-state index contributed by atoms with van der Waals surface area (Å²) in [6.07, 6.45) is 6.08. The summed E-state index contributed by atoms with van der Waals surface area (Å²) in [5, 5.41) is 8.66. The standard InChI is InChI=1S/C22H28IN3O/c1-15(2)26(16(3)4)21(27)14-20(25-23)18-12-8-9-13-19(18)22(24)17-10-6-5-7-11-17/h5-7,9-11,13,15-16,24H,8,12,14H2,1-4H3. The highest BCUT2D eigenvalue weighted by atomic mass is 127. The second-order valence-electron chi connectivity index (χ2n) is 7.27. The van der Waals surface area contributed by atoms with Gasteiger partial charge in [0.25, 0.3) is 0 Å². The Labute approximate surface area is 176 Å². The van der Waals surface area contributed by atoms with Crippen molar-refractivity contribution in [2.24, 2.45) is 3.21 Å². The second-order valence-corrected chi connectivity index (χ2v) is 7.75. The molecular formula is C22H28IN3O. The molecule has 1 aliphatic rings. The highest BCUT2D eigenvalue weighted by Gasteiger charge is 2.25. The quantitative estimate of drug-likeness (QED) is 0.408. The number of carbonyl (C=O) groups is 1. The van der Waals surface area contributed by atoms with Crippen LogP contribution in [0.2, 0.25) is 0 Å². The molecule has 0 bridgehead atoms. The number of rotatable bonds is 7. The molecule has 0 heterocycles. The van der Waals surface area contributed by atoms with Gasteiger partial charge in [-0.1, -0.05) is 42.5 Å². The summed E-state index contributed by atoms with van der Waals surface area (Å²) in [7, 11) is 0. The smallest absolute Gasteiger partial charge is 0.229 e. The van der Waals surface area contributed by atoms with E-state index in [2.05, 4.69) is 9.28 Å². The lowest BCUT2D eigenvalue weighted by molar-refractivity contribution is -0.133. The summed E-state index contributed by atoms with van der Waals surface area (Å²) in [5.74, 6) is 0.0862. The first kappa shape index (κ1) is 21.5. The average Bonchev–Trinajstić information content (AvgIpc) is 2.65. The predicted molar refractivity (Wildman–Crippen MR) is 122 cm³/mol. The number of allylic oxidation sites excluding steroid dienone is 4. The topological polar surface area (TPSA) is 56.5 Å².